The fourth-order valence-electron chi connectivity index (χ4n) is 3.13. The van der Waals surface area contributed by atoms with Gasteiger partial charge in [-0.1, -0.05) is 54.1 Å². The Labute approximate surface area is 193 Å². The second kappa shape index (κ2) is 12.4. The quantitative estimate of drug-likeness (QED) is 0.255. The van der Waals surface area contributed by atoms with Crippen molar-refractivity contribution in [1.29, 1.82) is 0 Å². The van der Waals surface area contributed by atoms with Crippen molar-refractivity contribution in [1.82, 2.24) is 5.32 Å². The van der Waals surface area contributed by atoms with Gasteiger partial charge in [0.25, 0.3) is 0 Å². The highest BCUT2D eigenvalue weighted by atomic mass is 35.5. The molecule has 3 rings (SSSR count). The number of hydrogen-bond acceptors (Lipinski definition) is 4. The highest BCUT2D eigenvalue weighted by Gasteiger charge is 2.10. The Bertz CT molecular complexity index is 889. The van der Waals surface area contributed by atoms with Crippen LogP contribution >= 0.6 is 35.1 Å². The monoisotopic (exact) mass is 457 g/mol. The van der Waals surface area contributed by atoms with Gasteiger partial charge in [-0.3, -0.25) is 0 Å². The summed E-state index contributed by atoms with van der Waals surface area (Å²) in [5.74, 6) is 2.20. The molecule has 0 fully saturated rings. The Kier molecular flexibility index (Phi) is 9.63. The normalized spacial score (nSPS) is 13.2. The maximum Gasteiger partial charge on any atom is 0.0914 e. The second-order valence-electron chi connectivity index (χ2n) is 7.24. The highest BCUT2D eigenvalue weighted by molar-refractivity contribution is 8.03. The van der Waals surface area contributed by atoms with Gasteiger partial charge in [0.2, 0.25) is 0 Å². The Hall–Kier alpha value is -1.43. The summed E-state index contributed by atoms with van der Waals surface area (Å²) in [6.07, 6.45) is 0.371. The summed E-state index contributed by atoms with van der Waals surface area (Å²) in [6.45, 7) is 2.66. The molecule has 0 radical (unpaired) electrons. The first-order valence-corrected chi connectivity index (χ1v) is 12.5. The van der Waals surface area contributed by atoms with Crippen molar-refractivity contribution in [2.24, 2.45) is 0 Å². The summed E-state index contributed by atoms with van der Waals surface area (Å²) in [5.41, 5.74) is 2.14. The van der Waals surface area contributed by atoms with Crippen LogP contribution in [0, 0.1) is 0 Å². The summed E-state index contributed by atoms with van der Waals surface area (Å²) in [7, 11) is 0. The lowest BCUT2D eigenvalue weighted by atomic mass is 10.1. The summed E-state index contributed by atoms with van der Waals surface area (Å²) in [4.78, 5) is 2.64. The SMILES string of the molecule is CC(Cc1ccc(SCCSc2ccccc2)cc1)NCC(O)c1cccc(Cl)c1. The van der Waals surface area contributed by atoms with E-state index < -0.39 is 6.10 Å². The van der Waals surface area contributed by atoms with Crippen LogP contribution in [0.4, 0.5) is 0 Å². The molecule has 0 saturated heterocycles. The molecule has 0 amide bonds. The van der Waals surface area contributed by atoms with Crippen LogP contribution in [0.1, 0.15) is 24.2 Å². The minimum absolute atomic E-state index is 0.277. The van der Waals surface area contributed by atoms with E-state index in [1.54, 1.807) is 0 Å². The zero-order chi connectivity index (χ0) is 21.2. The number of rotatable bonds is 11. The molecule has 0 spiro atoms. The number of hydrogen-bond donors (Lipinski definition) is 2. The van der Waals surface area contributed by atoms with E-state index in [1.165, 1.54) is 15.4 Å². The van der Waals surface area contributed by atoms with Gasteiger partial charge in [-0.2, -0.15) is 0 Å². The molecule has 5 heteroatoms. The van der Waals surface area contributed by atoms with Crippen LogP contribution < -0.4 is 5.32 Å². The Morgan fingerprint density at radius 3 is 2.20 bits per heavy atom. The van der Waals surface area contributed by atoms with Gasteiger partial charge in [-0.05, 0) is 60.9 Å². The fraction of sp³-hybridized carbons (Fsp3) is 0.280. The summed E-state index contributed by atoms with van der Waals surface area (Å²) >= 11 is 9.81. The van der Waals surface area contributed by atoms with Gasteiger partial charge in [0.15, 0.2) is 0 Å². The summed E-state index contributed by atoms with van der Waals surface area (Å²) in [6, 6.07) is 27.0. The molecule has 2 nitrogen and oxygen atoms in total. The van der Waals surface area contributed by atoms with Gasteiger partial charge < -0.3 is 10.4 Å². The van der Waals surface area contributed by atoms with Gasteiger partial charge >= 0.3 is 0 Å². The predicted octanol–water partition coefficient (Wildman–Crippen LogP) is 6.48. The van der Waals surface area contributed by atoms with Crippen LogP contribution in [0.3, 0.4) is 0 Å². The van der Waals surface area contributed by atoms with E-state index in [9.17, 15) is 5.11 Å². The van der Waals surface area contributed by atoms with E-state index >= 15 is 0 Å². The molecule has 3 aromatic carbocycles. The molecule has 0 saturated carbocycles. The van der Waals surface area contributed by atoms with E-state index in [0.717, 1.165) is 23.5 Å². The molecule has 0 aliphatic heterocycles. The largest absolute Gasteiger partial charge is 0.387 e. The number of nitrogens with one attached hydrogen (secondary N) is 1. The van der Waals surface area contributed by atoms with Crippen LogP contribution in [-0.4, -0.2) is 29.2 Å². The Morgan fingerprint density at radius 1 is 0.867 bits per heavy atom. The fourth-order valence-corrected chi connectivity index (χ4v) is 5.14. The lowest BCUT2D eigenvalue weighted by molar-refractivity contribution is 0.170. The minimum Gasteiger partial charge on any atom is -0.387 e. The van der Waals surface area contributed by atoms with Crippen molar-refractivity contribution in [2.75, 3.05) is 18.1 Å². The zero-order valence-corrected chi connectivity index (χ0v) is 19.5. The van der Waals surface area contributed by atoms with E-state index in [-0.39, 0.29) is 6.04 Å². The lowest BCUT2D eigenvalue weighted by Gasteiger charge is -2.18. The first-order chi connectivity index (χ1) is 14.6. The van der Waals surface area contributed by atoms with Crippen LogP contribution in [-0.2, 0) is 6.42 Å². The van der Waals surface area contributed by atoms with Crippen LogP contribution in [0.25, 0.3) is 0 Å². The second-order valence-corrected chi connectivity index (χ2v) is 10.0. The number of aliphatic hydroxyl groups excluding tert-OH is 1. The Morgan fingerprint density at radius 2 is 1.53 bits per heavy atom. The molecule has 0 heterocycles. The standard InChI is InChI=1S/C25H28ClNOS2/c1-19(27-18-25(28)21-6-5-7-22(26)17-21)16-20-10-12-24(13-11-20)30-15-14-29-23-8-3-2-4-9-23/h2-13,17,19,25,27-28H,14-16,18H2,1H3. The van der Waals surface area contributed by atoms with Crippen molar-refractivity contribution in [3.8, 4) is 0 Å². The van der Waals surface area contributed by atoms with Gasteiger partial charge in [0.05, 0.1) is 6.10 Å². The summed E-state index contributed by atoms with van der Waals surface area (Å²) in [5, 5.41) is 14.4. The number of aliphatic hydroxyl groups is 1. The molecule has 2 unspecified atom stereocenters. The van der Waals surface area contributed by atoms with E-state index in [4.69, 9.17) is 11.6 Å². The van der Waals surface area contributed by atoms with Crippen molar-refractivity contribution >= 4 is 35.1 Å². The van der Waals surface area contributed by atoms with Crippen molar-refractivity contribution < 1.29 is 5.11 Å². The molecule has 0 aromatic heterocycles. The molecule has 158 valence electrons. The third-order valence-corrected chi connectivity index (χ3v) is 7.24. The first-order valence-electron chi connectivity index (χ1n) is 10.2. The smallest absolute Gasteiger partial charge is 0.0914 e. The maximum atomic E-state index is 10.3. The molecular weight excluding hydrogens is 430 g/mol. The average Bonchev–Trinajstić information content (AvgIpc) is 2.77. The molecule has 2 N–H and O–H groups in total. The van der Waals surface area contributed by atoms with Crippen LogP contribution in [0.5, 0.6) is 0 Å². The molecule has 3 aromatic rings. The van der Waals surface area contributed by atoms with Crippen molar-refractivity contribution in [3.63, 3.8) is 0 Å². The van der Waals surface area contributed by atoms with Gasteiger partial charge in [-0.15, -0.1) is 23.5 Å². The van der Waals surface area contributed by atoms with Crippen LogP contribution in [0.15, 0.2) is 88.7 Å². The van der Waals surface area contributed by atoms with Gasteiger partial charge in [0, 0.05) is 38.9 Å². The third kappa shape index (κ3) is 8.01. The topological polar surface area (TPSA) is 32.3 Å². The Balaban J connectivity index is 1.37. The molecule has 0 bridgehead atoms. The number of thioether (sulfide) groups is 2. The number of halogens is 1. The van der Waals surface area contributed by atoms with E-state index in [1.807, 2.05) is 47.8 Å². The van der Waals surface area contributed by atoms with E-state index in [2.05, 4.69) is 66.8 Å². The number of benzene rings is 3. The molecule has 0 aliphatic carbocycles. The van der Waals surface area contributed by atoms with Crippen molar-refractivity contribution in [2.45, 2.75) is 35.3 Å². The molecule has 0 aliphatic rings. The average molecular weight is 458 g/mol. The molecule has 2 atom stereocenters. The highest BCUT2D eigenvalue weighted by Crippen LogP contribution is 2.23. The first kappa shape index (κ1) is 23.2. The molecule has 30 heavy (non-hydrogen) atoms. The zero-order valence-electron chi connectivity index (χ0n) is 17.1. The molecular formula is C25H28ClNOS2. The van der Waals surface area contributed by atoms with Gasteiger partial charge in [0.1, 0.15) is 0 Å². The van der Waals surface area contributed by atoms with Crippen LogP contribution in [0.2, 0.25) is 5.02 Å². The predicted molar refractivity (Wildman–Crippen MR) is 132 cm³/mol. The maximum absolute atomic E-state index is 10.3. The third-order valence-electron chi connectivity index (χ3n) is 4.72. The van der Waals surface area contributed by atoms with Crippen molar-refractivity contribution in [3.05, 3.63) is 95.0 Å². The van der Waals surface area contributed by atoms with Gasteiger partial charge in [-0.25, -0.2) is 0 Å². The minimum atomic E-state index is -0.557. The van der Waals surface area contributed by atoms with E-state index in [0.29, 0.717) is 11.6 Å². The summed E-state index contributed by atoms with van der Waals surface area (Å²) < 4.78 is 0. The lowest BCUT2D eigenvalue weighted by Crippen LogP contribution is -2.32.